The highest BCUT2D eigenvalue weighted by atomic mass is 79.9. The first-order valence-corrected chi connectivity index (χ1v) is 6.22. The van der Waals surface area contributed by atoms with Gasteiger partial charge in [0.1, 0.15) is 0 Å². The Kier molecular flexibility index (Phi) is 5.03. The smallest absolute Gasteiger partial charge is 0.0328 e. The molecule has 2 N–H and O–H groups in total. The lowest BCUT2D eigenvalue weighted by molar-refractivity contribution is 0.304. The van der Waals surface area contributed by atoms with Crippen LogP contribution in [0, 0.1) is 0 Å². The van der Waals surface area contributed by atoms with Crippen LogP contribution in [0.15, 0.2) is 34.8 Å². The van der Waals surface area contributed by atoms with Crippen molar-refractivity contribution in [2.45, 2.75) is 20.4 Å². The van der Waals surface area contributed by atoms with Gasteiger partial charge in [0.15, 0.2) is 0 Å². The molecular formula is C13H19BrN2. The van der Waals surface area contributed by atoms with Gasteiger partial charge in [0.2, 0.25) is 0 Å². The maximum Gasteiger partial charge on any atom is 0.0328 e. The van der Waals surface area contributed by atoms with Crippen molar-refractivity contribution < 1.29 is 0 Å². The number of benzene rings is 1. The Morgan fingerprint density at radius 3 is 2.62 bits per heavy atom. The number of likely N-dealkylation sites (N-methyl/N-ethyl adjacent to an activating group) is 1. The van der Waals surface area contributed by atoms with Gasteiger partial charge in [-0.05, 0) is 37.2 Å². The molecule has 0 aliphatic carbocycles. The van der Waals surface area contributed by atoms with E-state index in [9.17, 15) is 0 Å². The molecule has 0 bridgehead atoms. The van der Waals surface area contributed by atoms with Gasteiger partial charge in [0.05, 0.1) is 0 Å². The molecular weight excluding hydrogens is 264 g/mol. The van der Waals surface area contributed by atoms with E-state index in [4.69, 9.17) is 5.73 Å². The zero-order valence-electron chi connectivity index (χ0n) is 9.96. The van der Waals surface area contributed by atoms with Crippen LogP contribution in [0.1, 0.15) is 19.4 Å². The van der Waals surface area contributed by atoms with E-state index >= 15 is 0 Å². The van der Waals surface area contributed by atoms with Gasteiger partial charge in [-0.3, -0.25) is 4.90 Å². The molecule has 0 heterocycles. The minimum Gasteiger partial charge on any atom is -0.399 e. The number of hydrogen-bond donors (Lipinski definition) is 1. The Balaban J connectivity index is 2.73. The Morgan fingerprint density at radius 1 is 1.44 bits per heavy atom. The standard InChI is InChI=1S/C13H19BrN2/c1-4-16(8-10(2)3)9-11-5-12(14)7-13(15)6-11/h5-7H,2,4,8-9,15H2,1,3H3. The summed E-state index contributed by atoms with van der Waals surface area (Å²) in [5.41, 5.74) is 9.03. The second-order valence-corrected chi connectivity index (χ2v) is 5.07. The van der Waals surface area contributed by atoms with Gasteiger partial charge in [-0.15, -0.1) is 0 Å². The summed E-state index contributed by atoms with van der Waals surface area (Å²) in [6, 6.07) is 6.04. The minimum absolute atomic E-state index is 0.802. The molecule has 1 aromatic rings. The number of rotatable bonds is 5. The van der Waals surface area contributed by atoms with Crippen LogP contribution in [-0.4, -0.2) is 18.0 Å². The minimum atomic E-state index is 0.802. The van der Waals surface area contributed by atoms with Gasteiger partial charge in [-0.1, -0.05) is 35.0 Å². The number of halogens is 1. The molecule has 1 rings (SSSR count). The summed E-state index contributed by atoms with van der Waals surface area (Å²) < 4.78 is 1.04. The summed E-state index contributed by atoms with van der Waals surface area (Å²) in [4.78, 5) is 2.34. The zero-order valence-corrected chi connectivity index (χ0v) is 11.5. The Morgan fingerprint density at radius 2 is 2.12 bits per heavy atom. The van der Waals surface area contributed by atoms with E-state index in [-0.39, 0.29) is 0 Å². The molecule has 0 aliphatic heterocycles. The summed E-state index contributed by atoms with van der Waals surface area (Å²) >= 11 is 3.46. The Hall–Kier alpha value is -0.800. The third-order valence-corrected chi connectivity index (χ3v) is 2.78. The number of anilines is 1. The third-order valence-electron chi connectivity index (χ3n) is 2.33. The monoisotopic (exact) mass is 282 g/mol. The molecule has 0 spiro atoms. The number of hydrogen-bond acceptors (Lipinski definition) is 2. The molecule has 0 amide bonds. The van der Waals surface area contributed by atoms with Gasteiger partial charge in [-0.2, -0.15) is 0 Å². The maximum absolute atomic E-state index is 5.81. The maximum atomic E-state index is 5.81. The molecule has 1 aromatic carbocycles. The molecule has 0 saturated carbocycles. The average molecular weight is 283 g/mol. The molecule has 3 heteroatoms. The van der Waals surface area contributed by atoms with Crippen molar-refractivity contribution in [3.8, 4) is 0 Å². The van der Waals surface area contributed by atoms with Crippen LogP contribution < -0.4 is 5.73 Å². The molecule has 2 nitrogen and oxygen atoms in total. The second kappa shape index (κ2) is 6.06. The first-order valence-electron chi connectivity index (χ1n) is 5.43. The topological polar surface area (TPSA) is 29.3 Å². The van der Waals surface area contributed by atoms with E-state index in [0.29, 0.717) is 0 Å². The first-order chi connectivity index (χ1) is 7.51. The SMILES string of the molecule is C=C(C)CN(CC)Cc1cc(N)cc(Br)c1. The van der Waals surface area contributed by atoms with Crippen molar-refractivity contribution in [2.24, 2.45) is 0 Å². The van der Waals surface area contributed by atoms with Crippen LogP contribution in [0.2, 0.25) is 0 Å². The fraction of sp³-hybridized carbons (Fsp3) is 0.385. The van der Waals surface area contributed by atoms with Gasteiger partial charge < -0.3 is 5.73 Å². The summed E-state index contributed by atoms with van der Waals surface area (Å²) in [6.07, 6.45) is 0. The fourth-order valence-corrected chi connectivity index (χ4v) is 2.24. The van der Waals surface area contributed by atoms with Gasteiger partial charge in [-0.25, -0.2) is 0 Å². The van der Waals surface area contributed by atoms with Crippen molar-refractivity contribution in [1.82, 2.24) is 4.90 Å². The second-order valence-electron chi connectivity index (χ2n) is 4.15. The van der Waals surface area contributed by atoms with E-state index in [1.807, 2.05) is 12.1 Å². The van der Waals surface area contributed by atoms with Crippen LogP contribution in [0.3, 0.4) is 0 Å². The Labute approximate surface area is 106 Å². The fourth-order valence-electron chi connectivity index (χ4n) is 1.69. The lowest BCUT2D eigenvalue weighted by atomic mass is 10.2. The normalized spacial score (nSPS) is 10.8. The van der Waals surface area contributed by atoms with Crippen LogP contribution in [0.5, 0.6) is 0 Å². The van der Waals surface area contributed by atoms with E-state index in [1.165, 1.54) is 11.1 Å². The Bertz CT molecular complexity index is 354. The summed E-state index contributed by atoms with van der Waals surface area (Å²) in [5, 5.41) is 0. The average Bonchev–Trinajstić information content (AvgIpc) is 2.14. The van der Waals surface area contributed by atoms with Crippen LogP contribution >= 0.6 is 15.9 Å². The first kappa shape index (κ1) is 13.3. The molecule has 0 saturated heterocycles. The molecule has 0 aromatic heterocycles. The largest absolute Gasteiger partial charge is 0.399 e. The highest BCUT2D eigenvalue weighted by Crippen LogP contribution is 2.18. The molecule has 0 radical (unpaired) electrons. The number of nitrogens with zero attached hydrogens (tertiary/aromatic N) is 1. The third kappa shape index (κ3) is 4.37. The van der Waals surface area contributed by atoms with Crippen LogP contribution in [0.4, 0.5) is 5.69 Å². The highest BCUT2D eigenvalue weighted by Gasteiger charge is 2.05. The molecule has 0 aliphatic rings. The number of nitrogen functional groups attached to an aromatic ring is 1. The van der Waals surface area contributed by atoms with Crippen LogP contribution in [0.25, 0.3) is 0 Å². The number of nitrogens with two attached hydrogens (primary N) is 1. The van der Waals surface area contributed by atoms with E-state index < -0.39 is 0 Å². The molecule has 0 fully saturated rings. The predicted octanol–water partition coefficient (Wildman–Crippen LogP) is 3.43. The van der Waals surface area contributed by atoms with Crippen molar-refractivity contribution in [1.29, 1.82) is 0 Å². The van der Waals surface area contributed by atoms with Gasteiger partial charge >= 0.3 is 0 Å². The molecule has 0 atom stereocenters. The highest BCUT2D eigenvalue weighted by molar-refractivity contribution is 9.10. The van der Waals surface area contributed by atoms with Gasteiger partial charge in [0.25, 0.3) is 0 Å². The summed E-state index contributed by atoms with van der Waals surface area (Å²) in [5.74, 6) is 0. The summed E-state index contributed by atoms with van der Waals surface area (Å²) in [7, 11) is 0. The van der Waals surface area contributed by atoms with Crippen molar-refractivity contribution >= 4 is 21.6 Å². The van der Waals surface area contributed by atoms with Crippen molar-refractivity contribution in [2.75, 3.05) is 18.8 Å². The van der Waals surface area contributed by atoms with E-state index in [1.54, 1.807) is 0 Å². The lowest BCUT2D eigenvalue weighted by Gasteiger charge is -2.20. The van der Waals surface area contributed by atoms with E-state index in [2.05, 4.69) is 47.3 Å². The molecule has 88 valence electrons. The summed E-state index contributed by atoms with van der Waals surface area (Å²) in [6.45, 7) is 11.0. The van der Waals surface area contributed by atoms with Crippen LogP contribution in [-0.2, 0) is 6.54 Å². The molecule has 16 heavy (non-hydrogen) atoms. The predicted molar refractivity (Wildman–Crippen MR) is 74.3 cm³/mol. The zero-order chi connectivity index (χ0) is 12.1. The van der Waals surface area contributed by atoms with Crippen molar-refractivity contribution in [3.63, 3.8) is 0 Å². The lowest BCUT2D eigenvalue weighted by Crippen LogP contribution is -2.24. The quantitative estimate of drug-likeness (QED) is 0.662. The molecule has 0 unspecified atom stereocenters. The van der Waals surface area contributed by atoms with Gasteiger partial charge in [0, 0.05) is 23.2 Å². The van der Waals surface area contributed by atoms with E-state index in [0.717, 1.165) is 29.8 Å². The van der Waals surface area contributed by atoms with Crippen molar-refractivity contribution in [3.05, 3.63) is 40.4 Å².